The molecule has 0 unspecified atom stereocenters. The minimum absolute atomic E-state index is 0.354. The van der Waals surface area contributed by atoms with Crippen molar-refractivity contribution in [3.8, 4) is 0 Å². The number of benzene rings is 2. The van der Waals surface area contributed by atoms with E-state index in [1.54, 1.807) is 13.3 Å². The molecule has 0 radical (unpaired) electrons. The quantitative estimate of drug-likeness (QED) is 0.393. The Morgan fingerprint density at radius 1 is 0.935 bits per heavy atom. The standard InChI is InChI=1S/C25H25N3O3/c1-30-18-27-14-13-21-22(25(29)31-2)15-26-24(23(21)27)28(16-19-9-5-3-6-10-19)17-20-11-7-4-8-12-20/h3-15H,16-18H2,1-2H3. The van der Waals surface area contributed by atoms with Crippen LogP contribution in [0.25, 0.3) is 10.9 Å². The monoisotopic (exact) mass is 415 g/mol. The molecule has 2 aromatic heterocycles. The summed E-state index contributed by atoms with van der Waals surface area (Å²) >= 11 is 0. The molecule has 0 spiro atoms. The van der Waals surface area contributed by atoms with E-state index in [9.17, 15) is 4.79 Å². The van der Waals surface area contributed by atoms with Crippen LogP contribution >= 0.6 is 0 Å². The fraction of sp³-hybridized carbons (Fsp3) is 0.200. The molecule has 2 aromatic carbocycles. The van der Waals surface area contributed by atoms with Gasteiger partial charge in [0.1, 0.15) is 6.73 Å². The predicted octanol–water partition coefficient (Wildman–Crippen LogP) is 4.63. The highest BCUT2D eigenvalue weighted by Gasteiger charge is 2.21. The number of methoxy groups -OCH3 is 2. The second kappa shape index (κ2) is 9.45. The molecule has 31 heavy (non-hydrogen) atoms. The number of fused-ring (bicyclic) bond motifs is 1. The highest BCUT2D eigenvalue weighted by molar-refractivity contribution is 6.06. The lowest BCUT2D eigenvalue weighted by Gasteiger charge is -2.26. The van der Waals surface area contributed by atoms with Crippen molar-refractivity contribution in [1.82, 2.24) is 9.55 Å². The molecule has 4 aromatic rings. The van der Waals surface area contributed by atoms with Crippen molar-refractivity contribution in [3.63, 3.8) is 0 Å². The first-order valence-electron chi connectivity index (χ1n) is 10.1. The summed E-state index contributed by atoms with van der Waals surface area (Å²) in [4.78, 5) is 19.3. The Hall–Kier alpha value is -3.64. The van der Waals surface area contributed by atoms with E-state index in [-0.39, 0.29) is 0 Å². The first kappa shape index (κ1) is 20.6. The summed E-state index contributed by atoms with van der Waals surface area (Å²) in [6, 6.07) is 22.5. The van der Waals surface area contributed by atoms with Crippen LogP contribution in [0.2, 0.25) is 0 Å². The molecule has 158 valence electrons. The summed E-state index contributed by atoms with van der Waals surface area (Å²) in [5.41, 5.74) is 3.64. The van der Waals surface area contributed by atoms with Crippen molar-refractivity contribution < 1.29 is 14.3 Å². The summed E-state index contributed by atoms with van der Waals surface area (Å²) in [7, 11) is 3.03. The molecular weight excluding hydrogens is 390 g/mol. The predicted molar refractivity (Wildman–Crippen MR) is 121 cm³/mol. The second-order valence-corrected chi connectivity index (χ2v) is 7.28. The number of hydrogen-bond acceptors (Lipinski definition) is 5. The second-order valence-electron chi connectivity index (χ2n) is 7.28. The highest BCUT2D eigenvalue weighted by atomic mass is 16.5. The third kappa shape index (κ3) is 4.44. The maximum atomic E-state index is 12.3. The van der Waals surface area contributed by atoms with Crippen LogP contribution in [0, 0.1) is 0 Å². The number of rotatable bonds is 8. The molecule has 0 N–H and O–H groups in total. The molecule has 6 nitrogen and oxygen atoms in total. The third-order valence-corrected chi connectivity index (χ3v) is 5.19. The van der Waals surface area contributed by atoms with Gasteiger partial charge in [-0.1, -0.05) is 60.7 Å². The molecule has 0 fully saturated rings. The maximum Gasteiger partial charge on any atom is 0.340 e. The van der Waals surface area contributed by atoms with Gasteiger partial charge in [0.25, 0.3) is 0 Å². The Labute approximate surface area is 181 Å². The Balaban J connectivity index is 1.85. The molecule has 0 bridgehead atoms. The Morgan fingerprint density at radius 2 is 1.55 bits per heavy atom. The number of carbonyl (C=O) groups is 1. The highest BCUT2D eigenvalue weighted by Crippen LogP contribution is 2.31. The molecule has 2 heterocycles. The van der Waals surface area contributed by atoms with Crippen molar-refractivity contribution in [3.05, 3.63) is 95.8 Å². The number of anilines is 1. The zero-order valence-electron chi connectivity index (χ0n) is 17.7. The summed E-state index contributed by atoms with van der Waals surface area (Å²) < 4.78 is 12.3. The van der Waals surface area contributed by atoms with Crippen molar-refractivity contribution in [1.29, 1.82) is 0 Å². The topological polar surface area (TPSA) is 56.6 Å². The minimum atomic E-state index is -0.406. The summed E-state index contributed by atoms with van der Waals surface area (Å²) in [5.74, 6) is 0.384. The molecule has 0 aliphatic heterocycles. The van der Waals surface area contributed by atoms with Gasteiger partial charge in [0.05, 0.1) is 18.2 Å². The normalized spacial score (nSPS) is 10.9. The van der Waals surface area contributed by atoms with E-state index in [0.29, 0.717) is 25.4 Å². The molecule has 0 saturated carbocycles. The van der Waals surface area contributed by atoms with Gasteiger partial charge in [-0.05, 0) is 17.2 Å². The summed E-state index contributed by atoms with van der Waals surface area (Å²) in [5, 5.41) is 0.792. The molecule has 0 aliphatic rings. The van der Waals surface area contributed by atoms with Gasteiger partial charge in [0.2, 0.25) is 0 Å². The van der Waals surface area contributed by atoms with Crippen LogP contribution in [0.4, 0.5) is 5.82 Å². The molecule has 0 aliphatic carbocycles. The van der Waals surface area contributed by atoms with E-state index < -0.39 is 5.97 Å². The van der Waals surface area contributed by atoms with E-state index >= 15 is 0 Å². The van der Waals surface area contributed by atoms with E-state index in [4.69, 9.17) is 14.5 Å². The van der Waals surface area contributed by atoms with Crippen molar-refractivity contribution in [2.24, 2.45) is 0 Å². The molecule has 0 atom stereocenters. The van der Waals surface area contributed by atoms with Crippen molar-refractivity contribution in [2.45, 2.75) is 19.8 Å². The zero-order valence-corrected chi connectivity index (χ0v) is 17.7. The van der Waals surface area contributed by atoms with E-state index in [1.807, 2.05) is 53.2 Å². The fourth-order valence-electron chi connectivity index (χ4n) is 3.76. The van der Waals surface area contributed by atoms with Gasteiger partial charge in [-0.3, -0.25) is 0 Å². The van der Waals surface area contributed by atoms with E-state index in [0.717, 1.165) is 16.7 Å². The summed E-state index contributed by atoms with van der Waals surface area (Å²) in [6.45, 7) is 1.70. The van der Waals surface area contributed by atoms with Gasteiger partial charge in [0, 0.05) is 38.0 Å². The number of nitrogens with zero attached hydrogens (tertiary/aromatic N) is 3. The molecule has 4 rings (SSSR count). The smallest absolute Gasteiger partial charge is 0.340 e. The van der Waals surface area contributed by atoms with Gasteiger partial charge in [-0.15, -0.1) is 0 Å². The number of ether oxygens (including phenoxy) is 2. The molecular formula is C25H25N3O3. The minimum Gasteiger partial charge on any atom is -0.465 e. The lowest BCUT2D eigenvalue weighted by atomic mass is 10.1. The number of esters is 1. The lowest BCUT2D eigenvalue weighted by molar-refractivity contribution is 0.0602. The average molecular weight is 415 g/mol. The number of aromatic nitrogens is 2. The van der Waals surface area contributed by atoms with Crippen LogP contribution in [-0.2, 0) is 29.3 Å². The van der Waals surface area contributed by atoms with Crippen LogP contribution in [0.5, 0.6) is 0 Å². The van der Waals surface area contributed by atoms with Crippen molar-refractivity contribution in [2.75, 3.05) is 19.1 Å². The lowest BCUT2D eigenvalue weighted by Crippen LogP contribution is -2.24. The third-order valence-electron chi connectivity index (χ3n) is 5.19. The number of hydrogen-bond donors (Lipinski definition) is 0. The van der Waals surface area contributed by atoms with Crippen LogP contribution in [0.15, 0.2) is 79.1 Å². The zero-order chi connectivity index (χ0) is 21.6. The van der Waals surface area contributed by atoms with Gasteiger partial charge in [-0.2, -0.15) is 0 Å². The van der Waals surface area contributed by atoms with Gasteiger partial charge in [0.15, 0.2) is 5.82 Å². The number of carbonyl (C=O) groups excluding carboxylic acids is 1. The first-order valence-corrected chi connectivity index (χ1v) is 10.1. The van der Waals surface area contributed by atoms with Crippen LogP contribution < -0.4 is 4.90 Å². The van der Waals surface area contributed by atoms with Crippen LogP contribution in [0.1, 0.15) is 21.5 Å². The number of pyridine rings is 1. The molecule has 6 heteroatoms. The SMILES string of the molecule is COCn1ccc2c(C(=O)OC)cnc(N(Cc3ccccc3)Cc3ccccc3)c21. The average Bonchev–Trinajstić information content (AvgIpc) is 3.23. The van der Waals surface area contributed by atoms with Crippen molar-refractivity contribution >= 4 is 22.7 Å². The van der Waals surface area contributed by atoms with E-state index in [1.165, 1.54) is 18.2 Å². The largest absolute Gasteiger partial charge is 0.465 e. The van der Waals surface area contributed by atoms with Crippen LogP contribution in [0.3, 0.4) is 0 Å². The maximum absolute atomic E-state index is 12.3. The van der Waals surface area contributed by atoms with Gasteiger partial charge < -0.3 is 18.9 Å². The van der Waals surface area contributed by atoms with E-state index in [2.05, 4.69) is 29.2 Å². The van der Waals surface area contributed by atoms with Gasteiger partial charge >= 0.3 is 5.97 Å². The summed E-state index contributed by atoms with van der Waals surface area (Å²) in [6.07, 6.45) is 3.51. The Bertz CT molecular complexity index is 1120. The van der Waals surface area contributed by atoms with Gasteiger partial charge in [-0.25, -0.2) is 9.78 Å². The molecule has 0 saturated heterocycles. The van der Waals surface area contributed by atoms with Crippen LogP contribution in [-0.4, -0.2) is 29.7 Å². The fourth-order valence-corrected chi connectivity index (χ4v) is 3.76. The first-order chi connectivity index (χ1) is 15.2. The Kier molecular flexibility index (Phi) is 6.29. The Morgan fingerprint density at radius 3 is 2.10 bits per heavy atom. The molecule has 0 amide bonds.